The van der Waals surface area contributed by atoms with Crippen LogP contribution in [0.5, 0.6) is 11.5 Å². The summed E-state index contributed by atoms with van der Waals surface area (Å²) >= 11 is 0. The Morgan fingerprint density at radius 1 is 1.12 bits per heavy atom. The molecule has 0 radical (unpaired) electrons. The Balaban J connectivity index is 1.78. The Morgan fingerprint density at radius 2 is 1.80 bits per heavy atom. The largest absolute Gasteiger partial charge is 0.573 e. The second kappa shape index (κ2) is 6.34. The van der Waals surface area contributed by atoms with Crippen molar-refractivity contribution in [2.75, 3.05) is 12.4 Å². The molecule has 0 unspecified atom stereocenters. The summed E-state index contributed by atoms with van der Waals surface area (Å²) in [6.07, 6.45) is -4.81. The van der Waals surface area contributed by atoms with E-state index in [0.717, 1.165) is 12.1 Å². The lowest BCUT2D eigenvalue weighted by Crippen LogP contribution is -2.16. The molecule has 3 rings (SSSR count). The van der Waals surface area contributed by atoms with Crippen molar-refractivity contribution in [2.24, 2.45) is 0 Å². The van der Waals surface area contributed by atoms with Crippen LogP contribution in [0.25, 0.3) is 11.1 Å². The van der Waals surface area contributed by atoms with Gasteiger partial charge in [-0.05, 0) is 36.4 Å². The number of methoxy groups -OCH3 is 1. The van der Waals surface area contributed by atoms with Crippen LogP contribution < -0.4 is 14.8 Å². The lowest BCUT2D eigenvalue weighted by atomic mass is 10.2. The normalized spacial score (nSPS) is 11.4. The maximum atomic E-state index is 12.2. The van der Waals surface area contributed by atoms with Gasteiger partial charge in [-0.1, -0.05) is 0 Å². The number of nitrogens with zero attached hydrogens (tertiary/aromatic N) is 1. The fourth-order valence-electron chi connectivity index (χ4n) is 2.07. The summed E-state index contributed by atoms with van der Waals surface area (Å²) in [5, 5.41) is 2.43. The molecule has 0 saturated heterocycles. The molecule has 0 bridgehead atoms. The van der Waals surface area contributed by atoms with Crippen molar-refractivity contribution in [3.8, 4) is 11.5 Å². The van der Waals surface area contributed by atoms with Crippen LogP contribution >= 0.6 is 0 Å². The van der Waals surface area contributed by atoms with Gasteiger partial charge in [0.1, 0.15) is 17.0 Å². The van der Waals surface area contributed by atoms with E-state index in [1.54, 1.807) is 24.3 Å². The number of hydrogen-bond donors (Lipinski definition) is 1. The molecule has 0 aliphatic heterocycles. The summed E-state index contributed by atoms with van der Waals surface area (Å²) in [5.41, 5.74) is 0.662. The zero-order valence-electron chi connectivity index (χ0n) is 12.8. The molecule has 130 valence electrons. The maximum Gasteiger partial charge on any atom is 0.573 e. The van der Waals surface area contributed by atoms with Gasteiger partial charge in [-0.3, -0.25) is 10.1 Å². The SMILES string of the molecule is COc1ccc(C(=O)Nc2nc3ccc(OC(F)(F)F)cc3o2)cc1. The molecule has 25 heavy (non-hydrogen) atoms. The molecule has 9 heteroatoms. The highest BCUT2D eigenvalue weighted by molar-refractivity contribution is 6.03. The molecule has 1 N–H and O–H groups in total. The minimum Gasteiger partial charge on any atom is -0.497 e. The molecule has 0 saturated carbocycles. The molecule has 1 heterocycles. The monoisotopic (exact) mass is 352 g/mol. The summed E-state index contributed by atoms with van der Waals surface area (Å²) in [4.78, 5) is 16.1. The fraction of sp³-hybridized carbons (Fsp3) is 0.125. The third kappa shape index (κ3) is 4.00. The van der Waals surface area contributed by atoms with Gasteiger partial charge >= 0.3 is 12.4 Å². The van der Waals surface area contributed by atoms with Crippen molar-refractivity contribution in [2.45, 2.75) is 6.36 Å². The number of fused-ring (bicyclic) bond motifs is 1. The number of nitrogens with one attached hydrogen (secondary N) is 1. The molecule has 0 atom stereocenters. The number of halogens is 3. The van der Waals surface area contributed by atoms with Gasteiger partial charge in [-0.15, -0.1) is 13.2 Å². The zero-order chi connectivity index (χ0) is 18.0. The number of anilines is 1. The zero-order valence-corrected chi connectivity index (χ0v) is 12.8. The first-order valence-corrected chi connectivity index (χ1v) is 6.96. The third-order valence-electron chi connectivity index (χ3n) is 3.17. The second-order valence-corrected chi connectivity index (χ2v) is 4.88. The Kier molecular flexibility index (Phi) is 4.22. The van der Waals surface area contributed by atoms with E-state index >= 15 is 0 Å². The molecule has 0 spiro atoms. The number of benzene rings is 2. The molecule has 2 aromatic carbocycles. The van der Waals surface area contributed by atoms with Crippen LogP contribution in [-0.2, 0) is 0 Å². The standard InChI is InChI=1S/C16H11F3N2O4/c1-23-10-4-2-9(3-5-10)14(22)21-15-20-12-7-6-11(8-13(12)24-15)25-16(17,18)19/h2-8H,1H3,(H,20,21,22). The van der Waals surface area contributed by atoms with E-state index in [-0.39, 0.29) is 17.1 Å². The highest BCUT2D eigenvalue weighted by atomic mass is 19.4. The number of aromatic nitrogens is 1. The first-order valence-electron chi connectivity index (χ1n) is 6.96. The molecule has 0 aliphatic rings. The number of oxazole rings is 1. The first kappa shape index (κ1) is 16.6. The third-order valence-corrected chi connectivity index (χ3v) is 3.17. The van der Waals surface area contributed by atoms with Gasteiger partial charge in [-0.25, -0.2) is 0 Å². The van der Waals surface area contributed by atoms with Gasteiger partial charge in [0.25, 0.3) is 5.91 Å². The Morgan fingerprint density at radius 3 is 2.44 bits per heavy atom. The summed E-state index contributed by atoms with van der Waals surface area (Å²) in [5.74, 6) is -0.333. The van der Waals surface area contributed by atoms with Crippen molar-refractivity contribution in [3.05, 3.63) is 48.0 Å². The number of alkyl halides is 3. The molecule has 0 fully saturated rings. The van der Waals surface area contributed by atoms with Gasteiger partial charge in [0.2, 0.25) is 0 Å². The van der Waals surface area contributed by atoms with Gasteiger partial charge in [0.05, 0.1) is 7.11 Å². The van der Waals surface area contributed by atoms with E-state index in [1.807, 2.05) is 0 Å². The minimum absolute atomic E-state index is 0.0479. The van der Waals surface area contributed by atoms with Crippen LogP contribution in [0.15, 0.2) is 46.9 Å². The predicted molar refractivity (Wildman–Crippen MR) is 81.6 cm³/mol. The van der Waals surface area contributed by atoms with E-state index in [9.17, 15) is 18.0 Å². The Hall–Kier alpha value is -3.23. The van der Waals surface area contributed by atoms with E-state index in [2.05, 4.69) is 15.0 Å². The summed E-state index contributed by atoms with van der Waals surface area (Å²) in [6, 6.07) is 9.62. The minimum atomic E-state index is -4.81. The van der Waals surface area contributed by atoms with Crippen LogP contribution in [0.3, 0.4) is 0 Å². The number of ether oxygens (including phenoxy) is 2. The van der Waals surface area contributed by atoms with Crippen LogP contribution in [0.4, 0.5) is 19.2 Å². The van der Waals surface area contributed by atoms with E-state index in [0.29, 0.717) is 11.3 Å². The molecule has 1 aromatic heterocycles. The highest BCUT2D eigenvalue weighted by Gasteiger charge is 2.31. The lowest BCUT2D eigenvalue weighted by Gasteiger charge is -2.07. The molecule has 3 aromatic rings. The predicted octanol–water partition coefficient (Wildman–Crippen LogP) is 3.99. The Labute approximate surface area is 139 Å². The van der Waals surface area contributed by atoms with Crippen molar-refractivity contribution in [1.82, 2.24) is 4.98 Å². The van der Waals surface area contributed by atoms with Gasteiger partial charge in [0.15, 0.2) is 5.58 Å². The van der Waals surface area contributed by atoms with Crippen molar-refractivity contribution in [1.29, 1.82) is 0 Å². The second-order valence-electron chi connectivity index (χ2n) is 4.88. The Bertz CT molecular complexity index is 904. The maximum absolute atomic E-state index is 12.2. The molecule has 0 aliphatic carbocycles. The number of hydrogen-bond acceptors (Lipinski definition) is 5. The van der Waals surface area contributed by atoms with Gasteiger partial charge < -0.3 is 13.9 Å². The number of carbonyl (C=O) groups is 1. The van der Waals surface area contributed by atoms with Crippen LogP contribution in [0.2, 0.25) is 0 Å². The molecular weight excluding hydrogens is 341 g/mol. The topological polar surface area (TPSA) is 73.6 Å². The summed E-state index contributed by atoms with van der Waals surface area (Å²) in [7, 11) is 1.50. The summed E-state index contributed by atoms with van der Waals surface area (Å²) in [6.45, 7) is 0. The first-order chi connectivity index (χ1) is 11.8. The average molecular weight is 352 g/mol. The van der Waals surface area contributed by atoms with Gasteiger partial charge in [0, 0.05) is 11.6 Å². The average Bonchev–Trinajstić information content (AvgIpc) is 2.94. The van der Waals surface area contributed by atoms with E-state index in [4.69, 9.17) is 9.15 Å². The molecular formula is C16H11F3N2O4. The highest BCUT2D eigenvalue weighted by Crippen LogP contribution is 2.28. The molecule has 6 nitrogen and oxygen atoms in total. The number of rotatable bonds is 4. The quantitative estimate of drug-likeness (QED) is 0.769. The van der Waals surface area contributed by atoms with Crippen molar-refractivity contribution < 1.29 is 31.9 Å². The smallest absolute Gasteiger partial charge is 0.497 e. The van der Waals surface area contributed by atoms with Crippen LogP contribution in [-0.4, -0.2) is 24.4 Å². The molecule has 1 amide bonds. The fourth-order valence-corrected chi connectivity index (χ4v) is 2.07. The van der Waals surface area contributed by atoms with E-state index in [1.165, 1.54) is 13.2 Å². The number of carbonyl (C=O) groups excluding carboxylic acids is 1. The van der Waals surface area contributed by atoms with Crippen LogP contribution in [0, 0.1) is 0 Å². The van der Waals surface area contributed by atoms with Crippen molar-refractivity contribution in [3.63, 3.8) is 0 Å². The van der Waals surface area contributed by atoms with Crippen LogP contribution in [0.1, 0.15) is 10.4 Å². The number of amides is 1. The summed E-state index contributed by atoms with van der Waals surface area (Å²) < 4.78 is 50.7. The van der Waals surface area contributed by atoms with Gasteiger partial charge in [-0.2, -0.15) is 4.98 Å². The lowest BCUT2D eigenvalue weighted by molar-refractivity contribution is -0.274. The van der Waals surface area contributed by atoms with E-state index < -0.39 is 18.0 Å². The van der Waals surface area contributed by atoms with Crippen molar-refractivity contribution >= 4 is 23.0 Å².